The number of anilines is 2. The molecule has 1 atom stereocenters. The molecule has 0 saturated carbocycles. The molecule has 0 aromatic heterocycles. The quantitative estimate of drug-likeness (QED) is 0.847. The molecule has 0 aliphatic rings. The van der Waals surface area contributed by atoms with E-state index in [1.807, 2.05) is 54.6 Å². The fraction of sp³-hybridized carbons (Fsp3) is 0.188. The third kappa shape index (κ3) is 3.75. The van der Waals surface area contributed by atoms with E-state index < -0.39 is 12.1 Å². The number of benzene rings is 2. The number of hydrogen-bond donors (Lipinski definition) is 1. The van der Waals surface area contributed by atoms with Crippen molar-refractivity contribution in [1.29, 1.82) is 0 Å². The van der Waals surface area contributed by atoms with E-state index in [-0.39, 0.29) is 0 Å². The van der Waals surface area contributed by atoms with Crippen molar-refractivity contribution in [2.45, 2.75) is 13.0 Å². The van der Waals surface area contributed by atoms with E-state index in [4.69, 9.17) is 4.74 Å². The lowest BCUT2D eigenvalue weighted by Crippen LogP contribution is -2.24. The van der Waals surface area contributed by atoms with Crippen LogP contribution in [0.25, 0.3) is 0 Å². The van der Waals surface area contributed by atoms with Gasteiger partial charge in [-0.25, -0.2) is 4.79 Å². The number of ether oxygens (including phenoxy) is 2. The first-order valence-electron chi connectivity index (χ1n) is 6.35. The van der Waals surface area contributed by atoms with Gasteiger partial charge in [-0.3, -0.25) is 0 Å². The topological polar surface area (TPSA) is 47.6 Å². The van der Waals surface area contributed by atoms with Crippen molar-refractivity contribution in [3.8, 4) is 5.75 Å². The minimum Gasteiger partial charge on any atom is -0.479 e. The first kappa shape index (κ1) is 13.9. The number of rotatable bonds is 5. The Kier molecular flexibility index (Phi) is 4.60. The number of hydrogen-bond acceptors (Lipinski definition) is 4. The fourth-order valence-electron chi connectivity index (χ4n) is 1.72. The highest BCUT2D eigenvalue weighted by Gasteiger charge is 2.14. The largest absolute Gasteiger partial charge is 0.479 e. The van der Waals surface area contributed by atoms with Crippen LogP contribution in [0.2, 0.25) is 0 Å². The monoisotopic (exact) mass is 271 g/mol. The minimum atomic E-state index is -0.618. The third-order valence-corrected chi connectivity index (χ3v) is 2.76. The van der Waals surface area contributed by atoms with Gasteiger partial charge in [0.05, 0.1) is 7.11 Å². The fourth-order valence-corrected chi connectivity index (χ4v) is 1.72. The molecule has 2 aromatic carbocycles. The van der Waals surface area contributed by atoms with Gasteiger partial charge in [0.1, 0.15) is 5.75 Å². The summed E-state index contributed by atoms with van der Waals surface area (Å²) in [5.41, 5.74) is 1.97. The van der Waals surface area contributed by atoms with E-state index in [2.05, 4.69) is 10.1 Å². The number of nitrogens with one attached hydrogen (secondary N) is 1. The Morgan fingerprint density at radius 1 is 1.00 bits per heavy atom. The van der Waals surface area contributed by atoms with Gasteiger partial charge in [0.2, 0.25) is 0 Å². The number of carbonyl (C=O) groups excluding carboxylic acids is 1. The van der Waals surface area contributed by atoms with Crippen LogP contribution in [0.15, 0.2) is 54.6 Å². The Bertz CT molecular complexity index is 552. The molecule has 0 aliphatic carbocycles. The second-order valence-electron chi connectivity index (χ2n) is 4.30. The second-order valence-corrected chi connectivity index (χ2v) is 4.30. The number of esters is 1. The number of methoxy groups -OCH3 is 1. The van der Waals surface area contributed by atoms with Crippen LogP contribution in [0.4, 0.5) is 11.4 Å². The minimum absolute atomic E-state index is 0.392. The van der Waals surface area contributed by atoms with Gasteiger partial charge in [0.15, 0.2) is 6.10 Å². The Morgan fingerprint density at radius 3 is 2.20 bits per heavy atom. The molecule has 0 amide bonds. The lowest BCUT2D eigenvalue weighted by atomic mass is 10.2. The van der Waals surface area contributed by atoms with E-state index in [9.17, 15) is 4.79 Å². The molecule has 0 radical (unpaired) electrons. The summed E-state index contributed by atoms with van der Waals surface area (Å²) in [5.74, 6) is 0.234. The molecule has 4 heteroatoms. The Hall–Kier alpha value is -2.49. The molecule has 1 N–H and O–H groups in total. The summed E-state index contributed by atoms with van der Waals surface area (Å²) >= 11 is 0. The highest BCUT2D eigenvalue weighted by Crippen LogP contribution is 2.20. The summed E-state index contributed by atoms with van der Waals surface area (Å²) in [6.07, 6.45) is -0.618. The third-order valence-electron chi connectivity index (χ3n) is 2.76. The maximum Gasteiger partial charge on any atom is 0.346 e. The molecule has 20 heavy (non-hydrogen) atoms. The average molecular weight is 271 g/mol. The number of para-hydroxylation sites is 1. The van der Waals surface area contributed by atoms with Crippen LogP contribution in [0.3, 0.4) is 0 Å². The molecule has 2 rings (SSSR count). The van der Waals surface area contributed by atoms with Gasteiger partial charge < -0.3 is 14.8 Å². The zero-order chi connectivity index (χ0) is 14.4. The zero-order valence-corrected chi connectivity index (χ0v) is 11.5. The molecule has 0 saturated heterocycles. The van der Waals surface area contributed by atoms with Crippen molar-refractivity contribution in [3.63, 3.8) is 0 Å². The van der Waals surface area contributed by atoms with Crippen molar-refractivity contribution in [3.05, 3.63) is 54.6 Å². The van der Waals surface area contributed by atoms with Crippen LogP contribution in [-0.2, 0) is 9.53 Å². The van der Waals surface area contributed by atoms with Gasteiger partial charge >= 0.3 is 5.97 Å². The summed E-state index contributed by atoms with van der Waals surface area (Å²) in [5, 5.41) is 3.27. The SMILES string of the molecule is COC(=O)C(C)Oc1ccc(Nc2ccccc2)cc1. The first-order chi connectivity index (χ1) is 9.69. The van der Waals surface area contributed by atoms with E-state index in [0.29, 0.717) is 5.75 Å². The van der Waals surface area contributed by atoms with Crippen LogP contribution >= 0.6 is 0 Å². The molecule has 2 aromatic rings. The van der Waals surface area contributed by atoms with Gasteiger partial charge in [-0.1, -0.05) is 18.2 Å². The molecule has 0 heterocycles. The smallest absolute Gasteiger partial charge is 0.346 e. The first-order valence-corrected chi connectivity index (χ1v) is 6.35. The Labute approximate surface area is 118 Å². The van der Waals surface area contributed by atoms with E-state index >= 15 is 0 Å². The van der Waals surface area contributed by atoms with Gasteiger partial charge in [-0.2, -0.15) is 0 Å². The predicted octanol–water partition coefficient (Wildman–Crippen LogP) is 3.37. The van der Waals surface area contributed by atoms with Gasteiger partial charge in [0, 0.05) is 11.4 Å². The second kappa shape index (κ2) is 6.61. The lowest BCUT2D eigenvalue weighted by Gasteiger charge is -2.13. The molecule has 0 fully saturated rings. The van der Waals surface area contributed by atoms with Gasteiger partial charge in [0.25, 0.3) is 0 Å². The van der Waals surface area contributed by atoms with Crippen molar-refractivity contribution < 1.29 is 14.3 Å². The summed E-state index contributed by atoms with van der Waals surface area (Å²) in [4.78, 5) is 11.3. The number of carbonyl (C=O) groups is 1. The van der Waals surface area contributed by atoms with Crippen LogP contribution < -0.4 is 10.1 Å². The Morgan fingerprint density at radius 2 is 1.60 bits per heavy atom. The summed E-state index contributed by atoms with van der Waals surface area (Å²) < 4.78 is 10.1. The maximum absolute atomic E-state index is 11.3. The molecule has 0 bridgehead atoms. The maximum atomic E-state index is 11.3. The molecule has 104 valence electrons. The van der Waals surface area contributed by atoms with E-state index in [1.54, 1.807) is 6.92 Å². The average Bonchev–Trinajstić information content (AvgIpc) is 2.49. The highest BCUT2D eigenvalue weighted by molar-refractivity contribution is 5.74. The molecule has 1 unspecified atom stereocenters. The molecule has 0 spiro atoms. The van der Waals surface area contributed by atoms with Crippen molar-refractivity contribution in [2.24, 2.45) is 0 Å². The Balaban J connectivity index is 1.98. The zero-order valence-electron chi connectivity index (χ0n) is 11.5. The highest BCUT2D eigenvalue weighted by atomic mass is 16.6. The van der Waals surface area contributed by atoms with Crippen LogP contribution in [-0.4, -0.2) is 19.2 Å². The van der Waals surface area contributed by atoms with Crippen LogP contribution in [0.5, 0.6) is 5.75 Å². The van der Waals surface area contributed by atoms with Crippen LogP contribution in [0, 0.1) is 0 Å². The standard InChI is InChI=1S/C16H17NO3/c1-12(16(18)19-2)20-15-10-8-14(9-11-15)17-13-6-4-3-5-7-13/h3-12,17H,1-2H3. The predicted molar refractivity (Wildman–Crippen MR) is 78.3 cm³/mol. The van der Waals surface area contributed by atoms with Gasteiger partial charge in [-0.05, 0) is 43.3 Å². The van der Waals surface area contributed by atoms with E-state index in [0.717, 1.165) is 11.4 Å². The van der Waals surface area contributed by atoms with E-state index in [1.165, 1.54) is 7.11 Å². The van der Waals surface area contributed by atoms with Gasteiger partial charge in [-0.15, -0.1) is 0 Å². The molecule has 0 aliphatic heterocycles. The van der Waals surface area contributed by atoms with Crippen molar-refractivity contribution in [2.75, 3.05) is 12.4 Å². The summed E-state index contributed by atoms with van der Waals surface area (Å²) in [6.45, 7) is 1.65. The van der Waals surface area contributed by atoms with Crippen molar-refractivity contribution in [1.82, 2.24) is 0 Å². The molecular formula is C16H17NO3. The molecule has 4 nitrogen and oxygen atoms in total. The summed E-state index contributed by atoms with van der Waals surface area (Å²) in [6, 6.07) is 17.3. The summed E-state index contributed by atoms with van der Waals surface area (Å²) in [7, 11) is 1.34. The van der Waals surface area contributed by atoms with Crippen molar-refractivity contribution >= 4 is 17.3 Å². The van der Waals surface area contributed by atoms with Crippen LogP contribution in [0.1, 0.15) is 6.92 Å². The lowest BCUT2D eigenvalue weighted by molar-refractivity contribution is -0.147. The molecular weight excluding hydrogens is 254 g/mol. The normalized spacial score (nSPS) is 11.5.